The lowest BCUT2D eigenvalue weighted by atomic mass is 10.1. The normalized spacial score (nSPS) is 10.4. The topological polar surface area (TPSA) is 85.1 Å². The van der Waals surface area contributed by atoms with Crippen molar-refractivity contribution in [3.63, 3.8) is 0 Å². The number of hydrogen-bond donors (Lipinski definition) is 1. The molecule has 0 unspecified atom stereocenters. The molecule has 0 bridgehead atoms. The Morgan fingerprint density at radius 1 is 1.26 bits per heavy atom. The second kappa shape index (κ2) is 5.01. The maximum absolute atomic E-state index is 11.3. The summed E-state index contributed by atoms with van der Waals surface area (Å²) >= 11 is 0. The zero-order valence-corrected chi connectivity index (χ0v) is 10.6. The second-order valence-corrected chi connectivity index (χ2v) is 4.23. The van der Waals surface area contributed by atoms with Crippen LogP contribution in [0.1, 0.15) is 28.7 Å². The van der Waals surface area contributed by atoms with Gasteiger partial charge in [-0.25, -0.2) is 4.68 Å². The third kappa shape index (κ3) is 2.67. The summed E-state index contributed by atoms with van der Waals surface area (Å²) in [7, 11) is 0. The van der Waals surface area contributed by atoms with Crippen LogP contribution in [0, 0.1) is 6.92 Å². The molecular formula is C13H13N3O3. The number of benzene rings is 1. The molecule has 1 aromatic heterocycles. The standard InChI is InChI=1S/C13H13N3O3/c1-8-13(9(2)17)14-15-16(8)11-5-3-10(4-6-11)7-12(18)19/h3-6H,7H2,1-2H3,(H,18,19). The molecule has 98 valence electrons. The highest BCUT2D eigenvalue weighted by Crippen LogP contribution is 2.14. The van der Waals surface area contributed by atoms with E-state index in [1.165, 1.54) is 6.92 Å². The first-order valence-electron chi connectivity index (χ1n) is 5.73. The molecule has 19 heavy (non-hydrogen) atoms. The Bertz CT molecular complexity index is 629. The van der Waals surface area contributed by atoms with E-state index in [-0.39, 0.29) is 12.2 Å². The molecule has 0 fully saturated rings. The van der Waals surface area contributed by atoms with Crippen molar-refractivity contribution < 1.29 is 14.7 Å². The van der Waals surface area contributed by atoms with Gasteiger partial charge < -0.3 is 5.11 Å². The van der Waals surface area contributed by atoms with Crippen LogP contribution in [0.15, 0.2) is 24.3 Å². The summed E-state index contributed by atoms with van der Waals surface area (Å²) in [6, 6.07) is 6.95. The lowest BCUT2D eigenvalue weighted by Crippen LogP contribution is -2.03. The molecule has 1 N–H and O–H groups in total. The molecule has 6 heteroatoms. The van der Waals surface area contributed by atoms with E-state index in [2.05, 4.69) is 10.3 Å². The van der Waals surface area contributed by atoms with E-state index >= 15 is 0 Å². The summed E-state index contributed by atoms with van der Waals surface area (Å²) in [5, 5.41) is 16.5. The summed E-state index contributed by atoms with van der Waals surface area (Å²) in [4.78, 5) is 21.9. The first kappa shape index (κ1) is 12.9. The molecule has 0 atom stereocenters. The van der Waals surface area contributed by atoms with E-state index in [0.717, 1.165) is 5.69 Å². The summed E-state index contributed by atoms with van der Waals surface area (Å²) in [5.41, 5.74) is 2.46. The van der Waals surface area contributed by atoms with Gasteiger partial charge in [0.05, 0.1) is 17.8 Å². The van der Waals surface area contributed by atoms with Gasteiger partial charge in [0.15, 0.2) is 11.5 Å². The van der Waals surface area contributed by atoms with Gasteiger partial charge in [0, 0.05) is 6.92 Å². The van der Waals surface area contributed by atoms with Crippen LogP contribution in [0.4, 0.5) is 0 Å². The Hall–Kier alpha value is -2.50. The molecule has 0 aliphatic heterocycles. The molecule has 2 rings (SSSR count). The van der Waals surface area contributed by atoms with Crippen LogP contribution in [0.25, 0.3) is 5.69 Å². The molecular weight excluding hydrogens is 246 g/mol. The van der Waals surface area contributed by atoms with Crippen LogP contribution in [0.3, 0.4) is 0 Å². The van der Waals surface area contributed by atoms with Crippen molar-refractivity contribution in [2.24, 2.45) is 0 Å². The zero-order chi connectivity index (χ0) is 14.0. The van der Waals surface area contributed by atoms with Crippen LogP contribution < -0.4 is 0 Å². The zero-order valence-electron chi connectivity index (χ0n) is 10.6. The van der Waals surface area contributed by atoms with Gasteiger partial charge in [-0.15, -0.1) is 5.10 Å². The number of aromatic nitrogens is 3. The Balaban J connectivity index is 2.32. The van der Waals surface area contributed by atoms with Gasteiger partial charge in [0.1, 0.15) is 0 Å². The molecule has 0 radical (unpaired) electrons. The first-order chi connectivity index (χ1) is 8.99. The highest BCUT2D eigenvalue weighted by Gasteiger charge is 2.13. The number of ketones is 1. The molecule has 1 aromatic carbocycles. The van der Waals surface area contributed by atoms with Crippen LogP contribution >= 0.6 is 0 Å². The largest absolute Gasteiger partial charge is 0.481 e. The van der Waals surface area contributed by atoms with Gasteiger partial charge in [-0.05, 0) is 24.6 Å². The first-order valence-corrected chi connectivity index (χ1v) is 5.73. The van der Waals surface area contributed by atoms with Crippen molar-refractivity contribution in [3.05, 3.63) is 41.2 Å². The van der Waals surface area contributed by atoms with E-state index in [1.54, 1.807) is 35.9 Å². The fourth-order valence-electron chi connectivity index (χ4n) is 1.83. The van der Waals surface area contributed by atoms with Gasteiger partial charge in [-0.1, -0.05) is 17.3 Å². The fourth-order valence-corrected chi connectivity index (χ4v) is 1.83. The third-order valence-corrected chi connectivity index (χ3v) is 2.76. The number of hydrogen-bond acceptors (Lipinski definition) is 4. The Morgan fingerprint density at radius 2 is 1.89 bits per heavy atom. The van der Waals surface area contributed by atoms with Crippen LogP contribution in [-0.2, 0) is 11.2 Å². The predicted molar refractivity (Wildman–Crippen MR) is 67.4 cm³/mol. The smallest absolute Gasteiger partial charge is 0.307 e. The van der Waals surface area contributed by atoms with Crippen molar-refractivity contribution in [1.29, 1.82) is 0 Å². The monoisotopic (exact) mass is 259 g/mol. The van der Waals surface area contributed by atoms with Gasteiger partial charge in [0.25, 0.3) is 0 Å². The molecule has 0 saturated carbocycles. The fraction of sp³-hybridized carbons (Fsp3) is 0.231. The molecule has 0 amide bonds. The Morgan fingerprint density at radius 3 is 2.37 bits per heavy atom. The maximum Gasteiger partial charge on any atom is 0.307 e. The van der Waals surface area contributed by atoms with Crippen LogP contribution in [0.5, 0.6) is 0 Å². The number of carbonyl (C=O) groups is 2. The van der Waals surface area contributed by atoms with E-state index in [1.807, 2.05) is 0 Å². The van der Waals surface area contributed by atoms with Gasteiger partial charge in [-0.2, -0.15) is 0 Å². The molecule has 2 aromatic rings. The number of Topliss-reactive ketones (excluding diaryl/α,β-unsaturated/α-hetero) is 1. The second-order valence-electron chi connectivity index (χ2n) is 4.23. The SMILES string of the molecule is CC(=O)c1nnn(-c2ccc(CC(=O)O)cc2)c1C. The van der Waals surface area contributed by atoms with Crippen LogP contribution in [-0.4, -0.2) is 31.9 Å². The van der Waals surface area contributed by atoms with Gasteiger partial charge in [-0.3, -0.25) is 9.59 Å². The van der Waals surface area contributed by atoms with Gasteiger partial charge >= 0.3 is 5.97 Å². The molecule has 6 nitrogen and oxygen atoms in total. The van der Waals surface area contributed by atoms with Crippen molar-refractivity contribution in [2.75, 3.05) is 0 Å². The minimum Gasteiger partial charge on any atom is -0.481 e. The number of carboxylic acids is 1. The molecule has 0 aliphatic rings. The number of rotatable bonds is 4. The molecule has 0 spiro atoms. The average Bonchev–Trinajstić information content (AvgIpc) is 2.71. The maximum atomic E-state index is 11.3. The van der Waals surface area contributed by atoms with E-state index < -0.39 is 5.97 Å². The number of carbonyl (C=O) groups excluding carboxylic acids is 1. The third-order valence-electron chi connectivity index (χ3n) is 2.76. The summed E-state index contributed by atoms with van der Waals surface area (Å²) in [5.74, 6) is -1.00. The lowest BCUT2D eigenvalue weighted by molar-refractivity contribution is -0.136. The lowest BCUT2D eigenvalue weighted by Gasteiger charge is -2.04. The van der Waals surface area contributed by atoms with Crippen LogP contribution in [0.2, 0.25) is 0 Å². The number of carboxylic acid groups (broad SMARTS) is 1. The summed E-state index contributed by atoms with van der Waals surface area (Å²) in [6.45, 7) is 3.21. The molecule has 0 saturated heterocycles. The molecule has 1 heterocycles. The average molecular weight is 259 g/mol. The van der Waals surface area contributed by atoms with E-state index in [9.17, 15) is 9.59 Å². The Labute approximate surface area is 109 Å². The van der Waals surface area contributed by atoms with Crippen molar-refractivity contribution in [3.8, 4) is 5.69 Å². The molecule has 0 aliphatic carbocycles. The summed E-state index contributed by atoms with van der Waals surface area (Å²) in [6.07, 6.45) is -0.0185. The van der Waals surface area contributed by atoms with Crippen molar-refractivity contribution in [2.45, 2.75) is 20.3 Å². The number of aliphatic carboxylic acids is 1. The quantitative estimate of drug-likeness (QED) is 0.839. The highest BCUT2D eigenvalue weighted by molar-refractivity contribution is 5.93. The van der Waals surface area contributed by atoms with E-state index in [0.29, 0.717) is 17.0 Å². The minimum absolute atomic E-state index is 0.0185. The predicted octanol–water partition coefficient (Wildman–Crippen LogP) is 1.41. The Kier molecular flexibility index (Phi) is 3.41. The van der Waals surface area contributed by atoms with Crippen molar-refractivity contribution in [1.82, 2.24) is 15.0 Å². The summed E-state index contributed by atoms with van der Waals surface area (Å²) < 4.78 is 1.56. The van der Waals surface area contributed by atoms with Crippen molar-refractivity contribution >= 4 is 11.8 Å². The minimum atomic E-state index is -0.872. The highest BCUT2D eigenvalue weighted by atomic mass is 16.4. The number of nitrogens with zero attached hydrogens (tertiary/aromatic N) is 3. The van der Waals surface area contributed by atoms with E-state index in [4.69, 9.17) is 5.11 Å². The van der Waals surface area contributed by atoms with Gasteiger partial charge in [0.2, 0.25) is 0 Å².